The Morgan fingerprint density at radius 2 is 1.47 bits per heavy atom. The van der Waals surface area contributed by atoms with Crippen molar-refractivity contribution in [2.24, 2.45) is 17.3 Å². The topological polar surface area (TPSA) is 175 Å². The summed E-state index contributed by atoms with van der Waals surface area (Å²) in [6, 6.07) is 22.6. The van der Waals surface area contributed by atoms with Crippen molar-refractivity contribution in [3.8, 4) is 33.5 Å². The normalized spacial score (nSPS) is 22.3. The van der Waals surface area contributed by atoms with Crippen LogP contribution in [-0.2, 0) is 25.0 Å². The van der Waals surface area contributed by atoms with Crippen molar-refractivity contribution in [1.82, 2.24) is 40.4 Å². The number of H-pyrrole nitrogens is 2. The van der Waals surface area contributed by atoms with Crippen LogP contribution in [0.2, 0.25) is 0 Å². The third-order valence-electron chi connectivity index (χ3n) is 15.1. The smallest absolute Gasteiger partial charge is 0.407 e. The maximum Gasteiger partial charge on any atom is 0.407 e. The van der Waals surface area contributed by atoms with Crippen molar-refractivity contribution in [3.05, 3.63) is 119 Å². The van der Waals surface area contributed by atoms with E-state index in [1.165, 1.54) is 20.3 Å². The molecule has 4 amide bonds. The zero-order chi connectivity index (χ0) is 47.2. The summed E-state index contributed by atoms with van der Waals surface area (Å²) in [6.07, 6.45) is 5.60. The molecule has 350 valence electrons. The monoisotopic (exact) mass is 922 g/mol. The Hall–Kier alpha value is -7.10. The first-order chi connectivity index (χ1) is 32.8. The molecule has 4 fully saturated rings. The van der Waals surface area contributed by atoms with Crippen molar-refractivity contribution in [1.29, 1.82) is 0 Å². The van der Waals surface area contributed by atoms with Gasteiger partial charge in [-0.2, -0.15) is 8.78 Å². The van der Waals surface area contributed by atoms with E-state index >= 15 is 8.78 Å². The highest BCUT2D eigenvalue weighted by Gasteiger charge is 2.56. The summed E-state index contributed by atoms with van der Waals surface area (Å²) in [7, 11) is 2.53. The Morgan fingerprint density at radius 1 is 0.794 bits per heavy atom. The number of hydrogen-bond acceptors (Lipinski definition) is 8. The highest BCUT2D eigenvalue weighted by Crippen LogP contribution is 2.59. The number of methoxy groups -OCH3 is 2. The number of nitrogens with one attached hydrogen (secondary N) is 4. The van der Waals surface area contributed by atoms with E-state index in [4.69, 9.17) is 19.4 Å². The summed E-state index contributed by atoms with van der Waals surface area (Å²) < 4.78 is 43.2. The van der Waals surface area contributed by atoms with Crippen LogP contribution in [0.1, 0.15) is 98.8 Å². The number of imidazole rings is 2. The van der Waals surface area contributed by atoms with Crippen LogP contribution in [0, 0.1) is 17.3 Å². The predicted molar refractivity (Wildman–Crippen MR) is 248 cm³/mol. The van der Waals surface area contributed by atoms with Gasteiger partial charge in [-0.05, 0) is 108 Å². The van der Waals surface area contributed by atoms with E-state index in [0.717, 1.165) is 44.1 Å². The quantitative estimate of drug-likeness (QED) is 0.105. The lowest BCUT2D eigenvalue weighted by Gasteiger charge is -2.36. The minimum absolute atomic E-state index is 0.00551. The average molecular weight is 923 g/mol. The van der Waals surface area contributed by atoms with Crippen LogP contribution < -0.4 is 10.6 Å². The van der Waals surface area contributed by atoms with Gasteiger partial charge < -0.3 is 39.9 Å². The Kier molecular flexibility index (Phi) is 10.4. The summed E-state index contributed by atoms with van der Waals surface area (Å²) >= 11 is 0. The number of carbonyl (C=O) groups is 4. The number of halogens is 2. The van der Waals surface area contributed by atoms with E-state index in [2.05, 4.69) is 20.6 Å². The van der Waals surface area contributed by atoms with Crippen molar-refractivity contribution in [3.63, 3.8) is 0 Å². The van der Waals surface area contributed by atoms with Crippen LogP contribution in [0.25, 0.3) is 44.5 Å². The van der Waals surface area contributed by atoms with E-state index in [-0.39, 0.29) is 58.3 Å². The fraction of sp³-hybridized carbons (Fsp3) is 0.385. The zero-order valence-corrected chi connectivity index (χ0v) is 38.1. The minimum Gasteiger partial charge on any atom is -0.453 e. The first-order valence-electron chi connectivity index (χ1n) is 23.3. The number of carbonyl (C=O) groups excluding carboxylic acids is 4. The molecule has 14 nitrogen and oxygen atoms in total. The van der Waals surface area contributed by atoms with Crippen molar-refractivity contribution < 1.29 is 37.4 Å². The highest BCUT2D eigenvalue weighted by molar-refractivity contribution is 5.90. The molecule has 0 radical (unpaired) electrons. The molecule has 6 aromatic rings. The van der Waals surface area contributed by atoms with Gasteiger partial charge in [0.15, 0.2) is 0 Å². The lowest BCUT2D eigenvalue weighted by molar-refractivity contribution is -0.138. The Labute approximate surface area is 391 Å². The molecule has 2 saturated heterocycles. The van der Waals surface area contributed by atoms with Gasteiger partial charge in [-0.15, -0.1) is 0 Å². The second-order valence-electron chi connectivity index (χ2n) is 19.6. The number of rotatable bonds is 10. The molecule has 16 heteroatoms. The summed E-state index contributed by atoms with van der Waals surface area (Å²) in [5.41, 5.74) is 5.25. The van der Waals surface area contributed by atoms with Gasteiger partial charge in [-0.1, -0.05) is 74.5 Å². The number of piperidine rings is 1. The minimum atomic E-state index is -3.30. The number of ether oxygens (including phenoxy) is 2. The summed E-state index contributed by atoms with van der Waals surface area (Å²) in [4.78, 5) is 73.3. The maximum atomic E-state index is 16.7. The number of aromatic amines is 2. The van der Waals surface area contributed by atoms with Gasteiger partial charge in [0.2, 0.25) is 5.91 Å². The van der Waals surface area contributed by atoms with Crippen molar-refractivity contribution >= 4 is 35.0 Å². The molecule has 1 spiro atoms. The van der Waals surface area contributed by atoms with Crippen LogP contribution in [-0.4, -0.2) is 86.6 Å². The van der Waals surface area contributed by atoms with Gasteiger partial charge in [0.25, 0.3) is 11.8 Å². The Balaban J connectivity index is 0.844. The van der Waals surface area contributed by atoms with Crippen molar-refractivity contribution in [2.75, 3.05) is 20.8 Å². The zero-order valence-electron chi connectivity index (χ0n) is 38.1. The van der Waals surface area contributed by atoms with E-state index < -0.39 is 30.2 Å². The average Bonchev–Trinajstić information content (AvgIpc) is 4.01. The van der Waals surface area contributed by atoms with E-state index in [1.54, 1.807) is 29.3 Å². The molecular weight excluding hydrogens is 871 g/mol. The number of aromatic nitrogens is 4. The van der Waals surface area contributed by atoms with E-state index in [0.29, 0.717) is 62.7 Å². The first kappa shape index (κ1) is 43.5. The lowest BCUT2D eigenvalue weighted by Crippen LogP contribution is -2.51. The van der Waals surface area contributed by atoms with Gasteiger partial charge in [0.1, 0.15) is 23.7 Å². The van der Waals surface area contributed by atoms with Gasteiger partial charge in [-0.25, -0.2) is 19.6 Å². The molecule has 6 atom stereocenters. The van der Waals surface area contributed by atoms with Gasteiger partial charge in [0.05, 0.1) is 49.2 Å². The molecular formula is C52H52F2N8O6. The third-order valence-corrected chi connectivity index (χ3v) is 15.1. The second-order valence-corrected chi connectivity index (χ2v) is 19.6. The Morgan fingerprint density at radius 3 is 2.18 bits per heavy atom. The fourth-order valence-electron chi connectivity index (χ4n) is 11.4. The number of alkyl halides is 2. The lowest BCUT2D eigenvalue weighted by atomic mass is 9.96. The molecule has 2 saturated carbocycles. The number of nitrogens with zero attached hydrogens (tertiary/aromatic N) is 4. The summed E-state index contributed by atoms with van der Waals surface area (Å²) in [6.45, 7) is 4.30. The van der Waals surface area contributed by atoms with Gasteiger partial charge in [0, 0.05) is 29.3 Å². The first-order valence-corrected chi connectivity index (χ1v) is 23.3. The molecule has 0 unspecified atom stereocenters. The second kappa shape index (κ2) is 16.3. The summed E-state index contributed by atoms with van der Waals surface area (Å²) in [5.74, 6) is -2.52. The number of likely N-dealkylation sites (tertiary alicyclic amines) is 2. The number of fused-ring (bicyclic) bond motifs is 6. The number of benzene rings is 4. The molecule has 68 heavy (non-hydrogen) atoms. The number of hydrogen-bond donors (Lipinski definition) is 4. The molecule has 2 aliphatic heterocycles. The molecule has 5 aliphatic rings. The molecule has 2 bridgehead atoms. The molecule has 4 N–H and O–H groups in total. The fourth-order valence-corrected chi connectivity index (χ4v) is 11.4. The SMILES string of the molecule is COC(=O)N[C@H](C(=O)N1CC2(CC2)C[C@H]1c1ncc(-c2ccc3c(c2)C(F)(F)c2cc(-c4ccc5nc([C@@H]6[C@H]7CC[C@H](C7)N6C(=O)[C@H](NC(=O)OC)c6ccccc6)[nH]c5c4)ccc2-3)[nH]1)C(C)C. The van der Waals surface area contributed by atoms with Crippen LogP contribution in [0.15, 0.2) is 91.1 Å². The molecule has 4 aromatic carbocycles. The standard InChI is InChI=1S/C52H52F2N8O6/c1-27(2)42(59-49(65)67-3)47(63)61-26-51(18-19-51)24-41(61)45-55-25-40(58-45)31-12-16-35-34-15-11-29(21-36(34)52(53,54)37(35)22-31)30-13-17-38-39(23-30)57-46(56-38)44-32-10-14-33(20-32)62(44)48(64)43(60-50(66)68-4)28-8-6-5-7-9-28/h5-9,11-13,15-17,21-23,25,27,32-33,41-44H,10,14,18-20,24,26H2,1-4H3,(H,55,58)(H,56,57)(H,59,65)(H,60,66)/t32-,33+,41-,42-,43+,44-/m0/s1. The largest absolute Gasteiger partial charge is 0.453 e. The van der Waals surface area contributed by atoms with E-state index in [1.807, 2.05) is 79.4 Å². The Bertz CT molecular complexity index is 3000. The van der Waals surface area contributed by atoms with Crippen LogP contribution in [0.3, 0.4) is 0 Å². The molecule has 11 rings (SSSR count). The van der Waals surface area contributed by atoms with Crippen LogP contribution in [0.5, 0.6) is 0 Å². The third kappa shape index (κ3) is 7.26. The van der Waals surface area contributed by atoms with Gasteiger partial charge >= 0.3 is 12.2 Å². The van der Waals surface area contributed by atoms with E-state index in [9.17, 15) is 19.2 Å². The number of amides is 4. The predicted octanol–water partition coefficient (Wildman–Crippen LogP) is 9.32. The maximum absolute atomic E-state index is 16.7. The number of alkyl carbamates (subject to hydrolysis) is 2. The molecule has 3 aliphatic carbocycles. The van der Waals surface area contributed by atoms with Crippen LogP contribution >= 0.6 is 0 Å². The highest BCUT2D eigenvalue weighted by atomic mass is 19.3. The van der Waals surface area contributed by atoms with Gasteiger partial charge in [-0.3, -0.25) is 9.59 Å². The van der Waals surface area contributed by atoms with Crippen molar-refractivity contribution in [2.45, 2.75) is 88.5 Å². The molecule has 4 heterocycles. The van der Waals surface area contributed by atoms with Crippen LogP contribution in [0.4, 0.5) is 18.4 Å². The summed E-state index contributed by atoms with van der Waals surface area (Å²) in [5, 5.41) is 5.45. The molecule has 2 aromatic heterocycles.